The van der Waals surface area contributed by atoms with Crippen LogP contribution in [0.25, 0.3) is 0 Å². The van der Waals surface area contributed by atoms with Crippen LogP contribution in [0.2, 0.25) is 0 Å². The van der Waals surface area contributed by atoms with E-state index in [9.17, 15) is 0 Å². The summed E-state index contributed by atoms with van der Waals surface area (Å²) >= 11 is 0. The van der Waals surface area contributed by atoms with E-state index in [0.717, 1.165) is 6.16 Å². The summed E-state index contributed by atoms with van der Waals surface area (Å²) < 4.78 is 0. The molecule has 4 rings (SSSR count). The van der Waals surface area contributed by atoms with Crippen molar-refractivity contribution in [2.24, 2.45) is 0 Å². The van der Waals surface area contributed by atoms with Crippen molar-refractivity contribution < 1.29 is 17.1 Å². The van der Waals surface area contributed by atoms with Gasteiger partial charge in [0.05, 0.1) is 0 Å². The Kier molecular flexibility index (Phi) is 12.3. The zero-order valence-electron chi connectivity index (χ0n) is 28.3. The first-order valence-electron chi connectivity index (χ1n) is 14.9. The maximum atomic E-state index is 4.78. The van der Waals surface area contributed by atoms with E-state index in [1.165, 1.54) is 22.3 Å². The Morgan fingerprint density at radius 1 is 0.651 bits per heavy atom. The number of rotatable bonds is 5. The molecule has 43 heavy (non-hydrogen) atoms. The maximum absolute atomic E-state index is 4.78. The van der Waals surface area contributed by atoms with E-state index < -0.39 is 13.1 Å². The Bertz CT molecular complexity index is 1320. The molecule has 0 saturated carbocycles. The van der Waals surface area contributed by atoms with Crippen molar-refractivity contribution in [2.45, 2.75) is 116 Å². The zero-order chi connectivity index (χ0) is 31.6. The minimum Gasteiger partial charge on any atom is -0.748 e. The molecule has 0 N–H and O–H groups in total. The molecule has 0 radical (unpaired) electrons. The quantitative estimate of drug-likeness (QED) is 0.122. The summed E-state index contributed by atoms with van der Waals surface area (Å²) in [6, 6.07) is 16.2. The van der Waals surface area contributed by atoms with Crippen LogP contribution in [0.5, 0.6) is 0 Å². The average molecular weight is 659 g/mol. The summed E-state index contributed by atoms with van der Waals surface area (Å²) in [5, 5.41) is -0.386. The number of nitrogens with zero attached hydrogens (tertiary/aromatic N) is 4. The van der Waals surface area contributed by atoms with Gasteiger partial charge in [-0.25, -0.2) is 26.0 Å². The smallest absolute Gasteiger partial charge is 0.147 e. The van der Waals surface area contributed by atoms with E-state index in [1.807, 2.05) is 67.3 Å². The fraction of sp³-hybridized carbons (Fsp3) is 0.500. The Labute approximate surface area is 275 Å². The van der Waals surface area contributed by atoms with Crippen molar-refractivity contribution in [1.29, 1.82) is 0 Å². The number of hydrogen-bond donors (Lipinski definition) is 0. The molecule has 2 heterocycles. The summed E-state index contributed by atoms with van der Waals surface area (Å²) in [6.07, 6.45) is 8.30. The molecule has 0 saturated heterocycles. The molecule has 240 valence electrons. The van der Waals surface area contributed by atoms with E-state index in [1.54, 1.807) is 0 Å². The predicted octanol–water partition coefficient (Wildman–Crippen LogP) is 9.73. The fourth-order valence-corrected chi connectivity index (χ4v) is 10.0. The van der Waals surface area contributed by atoms with Crippen molar-refractivity contribution >= 4 is 17.2 Å². The molecule has 0 bridgehead atoms. The van der Waals surface area contributed by atoms with E-state index in [2.05, 4.69) is 98.4 Å². The fourth-order valence-electron chi connectivity index (χ4n) is 5.87. The van der Waals surface area contributed by atoms with E-state index >= 15 is 0 Å². The van der Waals surface area contributed by atoms with Crippen LogP contribution >= 0.6 is 17.2 Å². The Morgan fingerprint density at radius 2 is 1.02 bits per heavy atom. The summed E-state index contributed by atoms with van der Waals surface area (Å²) in [5.41, 5.74) is 5.42. The van der Waals surface area contributed by atoms with E-state index in [0.29, 0.717) is 11.6 Å². The topological polar surface area (TPSA) is 51.6 Å². The summed E-state index contributed by atoms with van der Waals surface area (Å²) in [6.45, 7) is 28.5. The number of aromatic nitrogens is 4. The predicted molar refractivity (Wildman–Crippen MR) is 185 cm³/mol. The molecule has 2 aromatic carbocycles. The molecule has 4 aromatic rings. The largest absolute Gasteiger partial charge is 0.748 e. The molecule has 0 aliphatic heterocycles. The normalized spacial score (nSPS) is 12.9. The first kappa shape index (κ1) is 37.4. The molecule has 7 heteroatoms. The molecule has 4 nitrogen and oxygen atoms in total. The van der Waals surface area contributed by atoms with Crippen molar-refractivity contribution in [1.82, 2.24) is 19.9 Å². The standard InChI is InChI=1S/C31H47N4P2.C5H5.Fe/c1-27(2,3)23-19-22(31(36,25-32-15-13-16-33-25)26-34-17-14-18-35-26)21(24(23)28(4,5)6)20-37(29(7,8)9)30(10,11)12;1-2-4-5-3-1;/h13-19H,20,36H2,1-12H3;1-5H;/q-1;-5;. The zero-order valence-corrected chi connectivity index (χ0v) is 31.5. The Morgan fingerprint density at radius 3 is 1.33 bits per heavy atom. The number of hydrogen-bond acceptors (Lipinski definition) is 4. The van der Waals surface area contributed by atoms with Gasteiger partial charge < -0.3 is 30.3 Å². The van der Waals surface area contributed by atoms with Crippen LogP contribution in [0.1, 0.15) is 117 Å². The van der Waals surface area contributed by atoms with Gasteiger partial charge in [-0.05, 0) is 27.9 Å². The third-order valence-electron chi connectivity index (χ3n) is 7.50. The molecule has 0 spiro atoms. The monoisotopic (exact) mass is 658 g/mol. The van der Waals surface area contributed by atoms with Crippen molar-refractivity contribution in [3.05, 3.63) is 107 Å². The first-order chi connectivity index (χ1) is 19.3. The minimum absolute atomic E-state index is 0. The Hall–Kier alpha value is -1.76. The second-order valence-corrected chi connectivity index (χ2v) is 19.9. The van der Waals surface area contributed by atoms with Crippen molar-refractivity contribution in [2.75, 3.05) is 0 Å². The van der Waals surface area contributed by atoms with Crippen LogP contribution in [0.15, 0.2) is 73.3 Å². The van der Waals surface area contributed by atoms with Crippen LogP contribution in [0.3, 0.4) is 0 Å². The molecule has 0 amide bonds. The third-order valence-corrected chi connectivity index (χ3v) is 12.2. The van der Waals surface area contributed by atoms with Gasteiger partial charge in [-0.3, -0.25) is 0 Å². The van der Waals surface area contributed by atoms with Crippen LogP contribution in [0.4, 0.5) is 0 Å². The molecule has 2 aromatic heterocycles. The molecular weight excluding hydrogens is 606 g/mol. The first-order valence-corrected chi connectivity index (χ1v) is 17.0. The van der Waals surface area contributed by atoms with Gasteiger partial charge in [0.25, 0.3) is 0 Å². The van der Waals surface area contributed by atoms with Crippen molar-refractivity contribution in [3.63, 3.8) is 0 Å². The second-order valence-electron chi connectivity index (χ2n) is 15.2. The average Bonchev–Trinajstić information content (AvgIpc) is 3.58. The molecule has 1 atom stereocenters. The van der Waals surface area contributed by atoms with Gasteiger partial charge in [-0.15, -0.1) is 28.3 Å². The molecule has 1 unspecified atom stereocenters. The van der Waals surface area contributed by atoms with Gasteiger partial charge in [0.15, 0.2) is 0 Å². The van der Waals surface area contributed by atoms with Gasteiger partial charge in [0, 0.05) is 41.9 Å². The van der Waals surface area contributed by atoms with Crippen LogP contribution < -0.4 is 0 Å². The minimum atomic E-state index is -0.766. The SMILES string of the molecule is CC(C)(C)c1cc(C(P)(c2ncccn2)c2ncccn2)[c-](CP(C(C)(C)C)C(C)(C)C)c1C(C)(C)C.[Fe].[cH-]1[cH-][cH-][cH-][cH-]1. The molecular formula is C36H52FeN4P2-6. The van der Waals surface area contributed by atoms with E-state index in [-0.39, 0.29) is 38.2 Å². The molecule has 0 aliphatic carbocycles. The Balaban J connectivity index is 0.000000973. The van der Waals surface area contributed by atoms with E-state index in [4.69, 9.17) is 19.9 Å². The maximum Gasteiger partial charge on any atom is 0.147 e. The van der Waals surface area contributed by atoms with Crippen LogP contribution in [-0.4, -0.2) is 30.2 Å². The third kappa shape index (κ3) is 8.92. The van der Waals surface area contributed by atoms with Crippen LogP contribution in [-0.2, 0) is 39.2 Å². The second kappa shape index (κ2) is 14.1. The molecule has 0 aliphatic rings. The summed E-state index contributed by atoms with van der Waals surface area (Å²) in [4.78, 5) is 19.1. The van der Waals surface area contributed by atoms with Gasteiger partial charge >= 0.3 is 0 Å². The van der Waals surface area contributed by atoms with Gasteiger partial charge in [-0.2, -0.15) is 11.1 Å². The molecule has 0 fully saturated rings. The van der Waals surface area contributed by atoms with Gasteiger partial charge in [-0.1, -0.05) is 94.7 Å². The van der Waals surface area contributed by atoms with Gasteiger partial charge in [0.2, 0.25) is 0 Å². The summed E-state index contributed by atoms with van der Waals surface area (Å²) in [5.74, 6) is 1.41. The van der Waals surface area contributed by atoms with Crippen LogP contribution in [0, 0.1) is 0 Å². The van der Waals surface area contributed by atoms with Crippen molar-refractivity contribution in [3.8, 4) is 0 Å². The summed E-state index contributed by atoms with van der Waals surface area (Å²) in [7, 11) is 2.70. The van der Waals surface area contributed by atoms with Gasteiger partial charge in [0.1, 0.15) is 16.8 Å².